The molecule has 166 valence electrons. The SMILES string of the molecule is COC(=O)N1C=C[C@@H](c2oc3cc(OC)ccc3c2-c2ccc(OC)cc2)c2ccccc21. The van der Waals surface area contributed by atoms with Gasteiger partial charge in [-0.1, -0.05) is 36.4 Å². The van der Waals surface area contributed by atoms with Crippen molar-refractivity contribution in [2.45, 2.75) is 5.92 Å². The average Bonchev–Trinajstić information content (AvgIpc) is 3.25. The van der Waals surface area contributed by atoms with Crippen LogP contribution in [0, 0.1) is 0 Å². The largest absolute Gasteiger partial charge is 0.497 e. The van der Waals surface area contributed by atoms with E-state index in [9.17, 15) is 4.79 Å². The molecule has 0 bridgehead atoms. The molecule has 0 unspecified atom stereocenters. The van der Waals surface area contributed by atoms with Gasteiger partial charge in [0.1, 0.15) is 22.8 Å². The number of ether oxygens (including phenoxy) is 3. The lowest BCUT2D eigenvalue weighted by Crippen LogP contribution is -2.28. The van der Waals surface area contributed by atoms with E-state index in [4.69, 9.17) is 18.6 Å². The maximum atomic E-state index is 12.3. The second-order valence-corrected chi connectivity index (χ2v) is 7.65. The van der Waals surface area contributed by atoms with Gasteiger partial charge in [0.15, 0.2) is 0 Å². The molecule has 1 aliphatic heterocycles. The highest BCUT2D eigenvalue weighted by molar-refractivity contribution is 5.98. The molecule has 2 heterocycles. The highest BCUT2D eigenvalue weighted by atomic mass is 16.5. The lowest BCUT2D eigenvalue weighted by atomic mass is 9.88. The number of hydrogen-bond donors (Lipinski definition) is 0. The summed E-state index contributed by atoms with van der Waals surface area (Å²) in [4.78, 5) is 13.8. The fourth-order valence-corrected chi connectivity index (χ4v) is 4.31. The molecule has 0 radical (unpaired) electrons. The number of benzene rings is 3. The average molecular weight is 441 g/mol. The molecular weight excluding hydrogens is 418 g/mol. The Hall–Kier alpha value is -4.19. The normalized spacial score (nSPS) is 14.8. The van der Waals surface area contributed by atoms with Crippen LogP contribution in [-0.4, -0.2) is 27.4 Å². The Labute approximate surface area is 191 Å². The van der Waals surface area contributed by atoms with Crippen molar-refractivity contribution in [3.05, 3.63) is 90.3 Å². The van der Waals surface area contributed by atoms with Crippen LogP contribution in [0.25, 0.3) is 22.1 Å². The first kappa shape index (κ1) is 20.7. The van der Waals surface area contributed by atoms with Crippen molar-refractivity contribution in [1.82, 2.24) is 0 Å². The third-order valence-corrected chi connectivity index (χ3v) is 5.92. The number of anilines is 1. The minimum atomic E-state index is -0.443. The quantitative estimate of drug-likeness (QED) is 0.369. The van der Waals surface area contributed by atoms with Crippen molar-refractivity contribution < 1.29 is 23.4 Å². The summed E-state index contributed by atoms with van der Waals surface area (Å²) in [6.07, 6.45) is 3.26. The highest BCUT2D eigenvalue weighted by Gasteiger charge is 2.31. The second kappa shape index (κ2) is 8.39. The van der Waals surface area contributed by atoms with E-state index in [0.29, 0.717) is 0 Å². The van der Waals surface area contributed by atoms with Crippen molar-refractivity contribution in [2.75, 3.05) is 26.2 Å². The van der Waals surface area contributed by atoms with Crippen LogP contribution >= 0.6 is 0 Å². The molecule has 3 aromatic carbocycles. The van der Waals surface area contributed by atoms with Crippen LogP contribution in [0.4, 0.5) is 10.5 Å². The lowest BCUT2D eigenvalue weighted by molar-refractivity contribution is 0.181. The third-order valence-electron chi connectivity index (χ3n) is 5.92. The molecule has 1 atom stereocenters. The van der Waals surface area contributed by atoms with Gasteiger partial charge in [0.25, 0.3) is 0 Å². The van der Waals surface area contributed by atoms with Gasteiger partial charge < -0.3 is 18.6 Å². The van der Waals surface area contributed by atoms with Crippen molar-refractivity contribution in [3.63, 3.8) is 0 Å². The zero-order valence-electron chi connectivity index (χ0n) is 18.6. The number of para-hydroxylation sites is 1. The lowest BCUT2D eigenvalue weighted by Gasteiger charge is -2.28. The Balaban J connectivity index is 1.73. The van der Waals surface area contributed by atoms with Crippen LogP contribution in [0.2, 0.25) is 0 Å². The smallest absolute Gasteiger partial charge is 0.418 e. The van der Waals surface area contributed by atoms with Gasteiger partial charge in [-0.2, -0.15) is 0 Å². The van der Waals surface area contributed by atoms with Gasteiger partial charge in [0.2, 0.25) is 0 Å². The number of rotatable bonds is 4. The number of carbonyl (C=O) groups is 1. The van der Waals surface area contributed by atoms with Crippen LogP contribution < -0.4 is 14.4 Å². The summed E-state index contributed by atoms with van der Waals surface area (Å²) in [5, 5.41) is 0.984. The van der Waals surface area contributed by atoms with E-state index in [0.717, 1.165) is 50.6 Å². The van der Waals surface area contributed by atoms with E-state index >= 15 is 0 Å². The van der Waals surface area contributed by atoms with E-state index in [2.05, 4.69) is 0 Å². The first-order valence-electron chi connectivity index (χ1n) is 10.5. The van der Waals surface area contributed by atoms with E-state index in [1.165, 1.54) is 12.0 Å². The van der Waals surface area contributed by atoms with Crippen LogP contribution in [0.5, 0.6) is 11.5 Å². The molecule has 5 rings (SSSR count). The Morgan fingerprint density at radius 3 is 2.36 bits per heavy atom. The monoisotopic (exact) mass is 441 g/mol. The molecule has 0 saturated heterocycles. The molecule has 1 aliphatic rings. The number of carbonyl (C=O) groups excluding carboxylic acids is 1. The molecule has 0 saturated carbocycles. The van der Waals surface area contributed by atoms with Crippen molar-refractivity contribution in [3.8, 4) is 22.6 Å². The molecule has 0 N–H and O–H groups in total. The Morgan fingerprint density at radius 2 is 1.64 bits per heavy atom. The Kier molecular flexibility index (Phi) is 5.26. The molecular formula is C27H23NO5. The van der Waals surface area contributed by atoms with Crippen LogP contribution in [0.1, 0.15) is 17.2 Å². The summed E-state index contributed by atoms with van der Waals surface area (Å²) in [5.41, 5.74) is 4.44. The second-order valence-electron chi connectivity index (χ2n) is 7.65. The number of methoxy groups -OCH3 is 3. The van der Waals surface area contributed by atoms with Crippen molar-refractivity contribution in [2.24, 2.45) is 0 Å². The predicted molar refractivity (Wildman–Crippen MR) is 127 cm³/mol. The van der Waals surface area contributed by atoms with Crippen LogP contribution in [0.3, 0.4) is 0 Å². The molecule has 33 heavy (non-hydrogen) atoms. The zero-order valence-corrected chi connectivity index (χ0v) is 18.6. The number of furan rings is 1. The van der Waals surface area contributed by atoms with Gasteiger partial charge in [-0.15, -0.1) is 0 Å². The van der Waals surface area contributed by atoms with Gasteiger partial charge in [0.05, 0.1) is 32.9 Å². The van der Waals surface area contributed by atoms with Crippen molar-refractivity contribution in [1.29, 1.82) is 0 Å². The molecule has 0 aliphatic carbocycles. The Morgan fingerprint density at radius 1 is 0.909 bits per heavy atom. The standard InChI is InChI=1S/C27H23NO5/c1-30-18-10-8-17(9-11-18)25-22-13-12-19(31-2)16-24(22)33-26(25)21-14-15-28(27(29)32-3)23-7-5-4-6-20(21)23/h4-16,21H,1-3H3/t21-/m1/s1. The summed E-state index contributed by atoms with van der Waals surface area (Å²) >= 11 is 0. The van der Waals surface area contributed by atoms with E-state index in [1.807, 2.05) is 72.8 Å². The number of nitrogens with zero attached hydrogens (tertiary/aromatic N) is 1. The molecule has 1 aromatic heterocycles. The van der Waals surface area contributed by atoms with Crippen molar-refractivity contribution >= 4 is 22.7 Å². The molecule has 6 nitrogen and oxygen atoms in total. The van der Waals surface area contributed by atoms with Gasteiger partial charge in [-0.05, 0) is 41.5 Å². The number of fused-ring (bicyclic) bond motifs is 2. The molecule has 0 spiro atoms. The van der Waals surface area contributed by atoms with Crippen LogP contribution in [0.15, 0.2) is 83.4 Å². The van der Waals surface area contributed by atoms with Crippen LogP contribution in [-0.2, 0) is 4.74 Å². The van der Waals surface area contributed by atoms with E-state index in [-0.39, 0.29) is 5.92 Å². The summed E-state index contributed by atoms with van der Waals surface area (Å²) in [5.74, 6) is 2.10. The van der Waals surface area contributed by atoms with E-state index < -0.39 is 6.09 Å². The molecule has 1 amide bonds. The fraction of sp³-hybridized carbons (Fsp3) is 0.148. The first-order chi connectivity index (χ1) is 16.1. The minimum absolute atomic E-state index is 0.197. The van der Waals surface area contributed by atoms with Gasteiger partial charge in [-0.3, -0.25) is 4.90 Å². The number of allylic oxidation sites excluding steroid dienone is 1. The zero-order chi connectivity index (χ0) is 22.9. The topological polar surface area (TPSA) is 61.1 Å². The van der Waals surface area contributed by atoms with E-state index in [1.54, 1.807) is 20.4 Å². The van der Waals surface area contributed by atoms with Gasteiger partial charge in [-0.25, -0.2) is 4.79 Å². The molecule has 0 fully saturated rings. The third kappa shape index (κ3) is 3.49. The summed E-state index contributed by atoms with van der Waals surface area (Å²) in [6, 6.07) is 21.5. The van der Waals surface area contributed by atoms with Gasteiger partial charge >= 0.3 is 6.09 Å². The highest BCUT2D eigenvalue weighted by Crippen LogP contribution is 2.46. The maximum Gasteiger partial charge on any atom is 0.418 e. The molecule has 6 heteroatoms. The Bertz CT molecular complexity index is 1350. The van der Waals surface area contributed by atoms with Gasteiger partial charge in [0, 0.05) is 23.2 Å². The fourth-order valence-electron chi connectivity index (χ4n) is 4.31. The summed E-state index contributed by atoms with van der Waals surface area (Å²) in [7, 11) is 4.66. The predicted octanol–water partition coefficient (Wildman–Crippen LogP) is 6.35. The first-order valence-corrected chi connectivity index (χ1v) is 10.5. The molecule has 4 aromatic rings. The maximum absolute atomic E-state index is 12.3. The minimum Gasteiger partial charge on any atom is -0.497 e. The number of amides is 1. The number of hydrogen-bond acceptors (Lipinski definition) is 5. The summed E-state index contributed by atoms with van der Waals surface area (Å²) in [6.45, 7) is 0. The summed E-state index contributed by atoms with van der Waals surface area (Å²) < 4.78 is 22.2.